The van der Waals surface area contributed by atoms with Gasteiger partial charge in [-0.05, 0) is 56.1 Å². The third-order valence-electron chi connectivity index (χ3n) is 4.05. The SMILES string of the molecule is CC(C)(C)CC(C)(C)NC1CC(c2ccccc2F)C1. The minimum atomic E-state index is -0.0510. The Balaban J connectivity index is 1.87. The fourth-order valence-electron chi connectivity index (χ4n) is 3.73. The zero-order valence-corrected chi connectivity index (χ0v) is 13.5. The maximum absolute atomic E-state index is 13.7. The lowest BCUT2D eigenvalue weighted by molar-refractivity contribution is 0.175. The normalized spacial score (nSPS) is 23.5. The molecule has 0 bridgehead atoms. The predicted octanol–water partition coefficient (Wildman–Crippen LogP) is 4.88. The molecule has 0 unspecified atom stereocenters. The third kappa shape index (κ3) is 4.05. The lowest BCUT2D eigenvalue weighted by atomic mass is 9.73. The molecule has 0 aromatic heterocycles. The maximum Gasteiger partial charge on any atom is 0.126 e. The van der Waals surface area contributed by atoms with Gasteiger partial charge in [0.2, 0.25) is 0 Å². The Bertz CT molecular complexity index is 453. The topological polar surface area (TPSA) is 12.0 Å². The van der Waals surface area contributed by atoms with E-state index in [0.29, 0.717) is 17.4 Å². The second-order valence-electron chi connectivity index (χ2n) is 8.15. The van der Waals surface area contributed by atoms with Crippen LogP contribution in [0.25, 0.3) is 0 Å². The van der Waals surface area contributed by atoms with Crippen molar-refractivity contribution in [2.45, 2.75) is 71.4 Å². The van der Waals surface area contributed by atoms with Crippen molar-refractivity contribution in [2.75, 3.05) is 0 Å². The van der Waals surface area contributed by atoms with E-state index in [0.717, 1.165) is 24.8 Å². The van der Waals surface area contributed by atoms with Crippen LogP contribution < -0.4 is 5.32 Å². The largest absolute Gasteiger partial charge is 0.309 e. The number of hydrogen-bond donors (Lipinski definition) is 1. The van der Waals surface area contributed by atoms with E-state index in [-0.39, 0.29) is 11.4 Å². The molecule has 1 nitrogen and oxygen atoms in total. The highest BCUT2D eigenvalue weighted by molar-refractivity contribution is 5.24. The first-order valence-electron chi connectivity index (χ1n) is 7.68. The van der Waals surface area contributed by atoms with Crippen LogP contribution in [0.2, 0.25) is 0 Å². The van der Waals surface area contributed by atoms with Crippen molar-refractivity contribution in [2.24, 2.45) is 5.41 Å². The first-order chi connectivity index (χ1) is 9.16. The molecule has 1 N–H and O–H groups in total. The molecule has 1 saturated carbocycles. The van der Waals surface area contributed by atoms with Crippen LogP contribution >= 0.6 is 0 Å². The number of benzene rings is 1. The van der Waals surface area contributed by atoms with Crippen LogP contribution in [0.1, 0.15) is 65.4 Å². The van der Waals surface area contributed by atoms with Gasteiger partial charge >= 0.3 is 0 Å². The van der Waals surface area contributed by atoms with Gasteiger partial charge in [0.05, 0.1) is 0 Å². The van der Waals surface area contributed by atoms with Gasteiger partial charge in [-0.25, -0.2) is 4.39 Å². The lowest BCUT2D eigenvalue weighted by Gasteiger charge is -2.43. The summed E-state index contributed by atoms with van der Waals surface area (Å²) in [6, 6.07) is 7.72. The highest BCUT2D eigenvalue weighted by Gasteiger charge is 2.36. The molecule has 0 heterocycles. The summed E-state index contributed by atoms with van der Waals surface area (Å²) in [5.41, 5.74) is 1.35. The van der Waals surface area contributed by atoms with E-state index < -0.39 is 0 Å². The molecule has 1 fully saturated rings. The number of halogens is 1. The van der Waals surface area contributed by atoms with Crippen LogP contribution in [-0.4, -0.2) is 11.6 Å². The monoisotopic (exact) mass is 277 g/mol. The summed E-state index contributed by atoms with van der Waals surface area (Å²) in [6.45, 7) is 11.4. The molecule has 112 valence electrons. The smallest absolute Gasteiger partial charge is 0.126 e. The minimum Gasteiger partial charge on any atom is -0.309 e. The molecule has 1 aromatic rings. The van der Waals surface area contributed by atoms with Crippen molar-refractivity contribution in [1.29, 1.82) is 0 Å². The van der Waals surface area contributed by atoms with E-state index in [9.17, 15) is 4.39 Å². The fourth-order valence-corrected chi connectivity index (χ4v) is 3.73. The summed E-state index contributed by atoms with van der Waals surface area (Å²) in [5, 5.41) is 3.75. The number of rotatable bonds is 4. The maximum atomic E-state index is 13.7. The fraction of sp³-hybridized carbons (Fsp3) is 0.667. The minimum absolute atomic E-state index is 0.0510. The second-order valence-corrected chi connectivity index (χ2v) is 8.15. The third-order valence-corrected chi connectivity index (χ3v) is 4.05. The molecule has 0 spiro atoms. The zero-order chi connectivity index (χ0) is 15.0. The van der Waals surface area contributed by atoms with Gasteiger partial charge in [0.15, 0.2) is 0 Å². The van der Waals surface area contributed by atoms with Gasteiger partial charge in [-0.15, -0.1) is 0 Å². The number of nitrogens with one attached hydrogen (secondary N) is 1. The summed E-state index contributed by atoms with van der Waals surface area (Å²) in [6.07, 6.45) is 3.24. The molecule has 2 rings (SSSR count). The van der Waals surface area contributed by atoms with Crippen molar-refractivity contribution in [3.63, 3.8) is 0 Å². The first-order valence-corrected chi connectivity index (χ1v) is 7.68. The molecule has 1 aliphatic rings. The van der Waals surface area contributed by atoms with Crippen LogP contribution in [0, 0.1) is 11.2 Å². The van der Waals surface area contributed by atoms with Crippen molar-refractivity contribution < 1.29 is 4.39 Å². The second kappa shape index (κ2) is 5.48. The van der Waals surface area contributed by atoms with Gasteiger partial charge in [0.1, 0.15) is 5.82 Å². The van der Waals surface area contributed by atoms with Gasteiger partial charge in [-0.1, -0.05) is 39.0 Å². The van der Waals surface area contributed by atoms with Crippen molar-refractivity contribution in [3.8, 4) is 0 Å². The molecule has 1 aromatic carbocycles. The highest BCUT2D eigenvalue weighted by atomic mass is 19.1. The Labute approximate surface area is 123 Å². The van der Waals surface area contributed by atoms with E-state index in [1.165, 1.54) is 0 Å². The van der Waals surface area contributed by atoms with Gasteiger partial charge in [0.25, 0.3) is 0 Å². The quantitative estimate of drug-likeness (QED) is 0.827. The number of hydrogen-bond acceptors (Lipinski definition) is 1. The van der Waals surface area contributed by atoms with Gasteiger partial charge in [0, 0.05) is 11.6 Å². The van der Waals surface area contributed by atoms with Crippen LogP contribution in [0.15, 0.2) is 24.3 Å². The molecule has 0 amide bonds. The summed E-state index contributed by atoms with van der Waals surface area (Å²) in [7, 11) is 0. The molecule has 0 aliphatic heterocycles. The van der Waals surface area contributed by atoms with Gasteiger partial charge in [-0.3, -0.25) is 0 Å². The molecular weight excluding hydrogens is 249 g/mol. The molecule has 0 saturated heterocycles. The van der Waals surface area contributed by atoms with Crippen LogP contribution in [0.4, 0.5) is 4.39 Å². The first kappa shape index (κ1) is 15.5. The highest BCUT2D eigenvalue weighted by Crippen LogP contribution is 2.39. The van der Waals surface area contributed by atoms with Crippen molar-refractivity contribution in [3.05, 3.63) is 35.6 Å². The zero-order valence-electron chi connectivity index (χ0n) is 13.5. The van der Waals surface area contributed by atoms with Crippen LogP contribution in [0.5, 0.6) is 0 Å². The average molecular weight is 277 g/mol. The van der Waals surface area contributed by atoms with E-state index >= 15 is 0 Å². The van der Waals surface area contributed by atoms with Gasteiger partial charge < -0.3 is 5.32 Å². The summed E-state index contributed by atoms with van der Waals surface area (Å²) in [4.78, 5) is 0. The Morgan fingerprint density at radius 3 is 2.25 bits per heavy atom. The molecular formula is C18H28FN. The standard InChI is InChI=1S/C18H28FN/c1-17(2,3)12-18(4,5)20-14-10-13(11-14)15-8-6-7-9-16(15)19/h6-9,13-14,20H,10-12H2,1-5H3. The Morgan fingerprint density at radius 1 is 1.10 bits per heavy atom. The van der Waals surface area contributed by atoms with E-state index in [4.69, 9.17) is 0 Å². The summed E-state index contributed by atoms with van der Waals surface area (Å²) >= 11 is 0. The molecule has 20 heavy (non-hydrogen) atoms. The molecule has 0 atom stereocenters. The van der Waals surface area contributed by atoms with Gasteiger partial charge in [-0.2, -0.15) is 0 Å². The van der Waals surface area contributed by atoms with E-state index in [2.05, 4.69) is 39.9 Å². The lowest BCUT2D eigenvalue weighted by Crippen LogP contribution is -2.52. The summed E-state index contributed by atoms with van der Waals surface area (Å²) in [5.74, 6) is 0.337. The van der Waals surface area contributed by atoms with E-state index in [1.807, 2.05) is 12.1 Å². The predicted molar refractivity (Wildman–Crippen MR) is 83.4 cm³/mol. The summed E-state index contributed by atoms with van der Waals surface area (Å²) < 4.78 is 13.7. The van der Waals surface area contributed by atoms with Crippen LogP contribution in [0.3, 0.4) is 0 Å². The Hall–Kier alpha value is -0.890. The van der Waals surface area contributed by atoms with E-state index in [1.54, 1.807) is 12.1 Å². The Morgan fingerprint density at radius 2 is 1.70 bits per heavy atom. The average Bonchev–Trinajstić information content (AvgIpc) is 2.21. The van der Waals surface area contributed by atoms with Crippen LogP contribution in [-0.2, 0) is 0 Å². The van der Waals surface area contributed by atoms with Crippen molar-refractivity contribution >= 4 is 0 Å². The Kier molecular flexibility index (Phi) is 4.24. The van der Waals surface area contributed by atoms with Crippen molar-refractivity contribution in [1.82, 2.24) is 5.32 Å². The molecule has 2 heteroatoms. The molecule has 1 aliphatic carbocycles. The molecule has 0 radical (unpaired) electrons.